The third-order valence-corrected chi connectivity index (χ3v) is 3.68. The Morgan fingerprint density at radius 1 is 1.06 bits per heavy atom. The second-order valence-corrected chi connectivity index (χ2v) is 5.13. The fourth-order valence-electron chi connectivity index (χ4n) is 1.69. The van der Waals surface area contributed by atoms with E-state index in [0.717, 1.165) is 31.4 Å². The zero-order chi connectivity index (χ0) is 12.5. The van der Waals surface area contributed by atoms with Gasteiger partial charge >= 0.3 is 0 Å². The summed E-state index contributed by atoms with van der Waals surface area (Å²) in [5.74, 6) is 1.16. The predicted molar refractivity (Wildman–Crippen MR) is 76.2 cm³/mol. The first kappa shape index (κ1) is 14.2. The monoisotopic (exact) mass is 250 g/mol. The Bertz CT molecular complexity index is 343. The summed E-state index contributed by atoms with van der Waals surface area (Å²) < 4.78 is 5.54. The quantitative estimate of drug-likeness (QED) is 0.483. The molecule has 1 aromatic rings. The van der Waals surface area contributed by atoms with E-state index < -0.39 is 0 Å². The lowest BCUT2D eigenvalue weighted by Gasteiger charge is -2.13. The summed E-state index contributed by atoms with van der Waals surface area (Å²) in [5.41, 5.74) is 0. The van der Waals surface area contributed by atoms with Crippen molar-refractivity contribution >= 4 is 11.8 Å². The van der Waals surface area contributed by atoms with Gasteiger partial charge in [0, 0.05) is 16.2 Å². The Balaban J connectivity index is 2.84. The molecule has 0 unspecified atom stereocenters. The van der Waals surface area contributed by atoms with Gasteiger partial charge in [-0.25, -0.2) is 0 Å². The van der Waals surface area contributed by atoms with Gasteiger partial charge in [0.2, 0.25) is 0 Å². The van der Waals surface area contributed by atoms with Crippen LogP contribution in [0, 0.1) is 0 Å². The van der Waals surface area contributed by atoms with Crippen molar-refractivity contribution < 1.29 is 4.74 Å². The molecule has 0 saturated carbocycles. The van der Waals surface area contributed by atoms with Crippen molar-refractivity contribution in [3.8, 4) is 0 Å². The molecule has 1 rings (SSSR count). The second kappa shape index (κ2) is 8.24. The van der Waals surface area contributed by atoms with Crippen LogP contribution in [0.25, 0.3) is 0 Å². The Labute approximate surface area is 109 Å². The third kappa shape index (κ3) is 4.86. The highest BCUT2D eigenvalue weighted by molar-refractivity contribution is 8.03. The van der Waals surface area contributed by atoms with Gasteiger partial charge in [-0.15, -0.1) is 0 Å². The lowest BCUT2D eigenvalue weighted by Crippen LogP contribution is -1.92. The molecule has 0 spiro atoms. The highest BCUT2D eigenvalue weighted by atomic mass is 32.2. The zero-order valence-electron chi connectivity index (χ0n) is 11.0. The molecule has 94 valence electrons. The Morgan fingerprint density at radius 2 is 1.71 bits per heavy atom. The van der Waals surface area contributed by atoms with Crippen LogP contribution in [0.1, 0.15) is 39.5 Å². The van der Waals surface area contributed by atoms with Gasteiger partial charge < -0.3 is 4.74 Å². The van der Waals surface area contributed by atoms with Crippen molar-refractivity contribution in [3.05, 3.63) is 41.0 Å². The van der Waals surface area contributed by atoms with Crippen molar-refractivity contribution in [1.82, 2.24) is 0 Å². The largest absolute Gasteiger partial charge is 0.500 e. The van der Waals surface area contributed by atoms with Crippen LogP contribution in [0.4, 0.5) is 0 Å². The van der Waals surface area contributed by atoms with Gasteiger partial charge in [0.1, 0.15) is 5.76 Å². The summed E-state index contributed by atoms with van der Waals surface area (Å²) in [5, 5.41) is 0. The molecule has 0 amide bonds. The van der Waals surface area contributed by atoms with Crippen molar-refractivity contribution in [1.29, 1.82) is 0 Å². The molecule has 0 N–H and O–H groups in total. The molecule has 17 heavy (non-hydrogen) atoms. The number of benzene rings is 1. The van der Waals surface area contributed by atoms with Crippen LogP contribution in [0.2, 0.25) is 0 Å². The first-order valence-corrected chi connectivity index (χ1v) is 7.12. The molecule has 0 saturated heterocycles. The minimum atomic E-state index is 1.03. The van der Waals surface area contributed by atoms with E-state index in [1.54, 1.807) is 7.11 Å². The lowest BCUT2D eigenvalue weighted by molar-refractivity contribution is 0.273. The second-order valence-electron chi connectivity index (χ2n) is 3.97. The zero-order valence-corrected chi connectivity index (χ0v) is 11.8. The summed E-state index contributed by atoms with van der Waals surface area (Å²) in [7, 11) is 1.78. The van der Waals surface area contributed by atoms with Crippen LogP contribution in [-0.4, -0.2) is 7.11 Å². The number of allylic oxidation sites excluding steroid dienone is 2. The van der Waals surface area contributed by atoms with Gasteiger partial charge in [-0.1, -0.05) is 50.2 Å². The highest BCUT2D eigenvalue weighted by Gasteiger charge is 2.08. The summed E-state index contributed by atoms with van der Waals surface area (Å²) in [6, 6.07) is 10.5. The molecule has 0 bridgehead atoms. The number of methoxy groups -OCH3 is 1. The number of hydrogen-bond acceptors (Lipinski definition) is 2. The first-order chi connectivity index (χ1) is 8.31. The molecule has 0 heterocycles. The van der Waals surface area contributed by atoms with Crippen molar-refractivity contribution in [2.24, 2.45) is 0 Å². The molecule has 0 fully saturated rings. The SMILES string of the molecule is CCC/C(OC)=C(/CCC)Sc1ccccc1. The maximum atomic E-state index is 5.54. The Hall–Kier alpha value is -0.890. The summed E-state index contributed by atoms with van der Waals surface area (Å²) in [6.45, 7) is 4.40. The van der Waals surface area contributed by atoms with E-state index in [9.17, 15) is 0 Å². The van der Waals surface area contributed by atoms with Gasteiger partial charge in [0.25, 0.3) is 0 Å². The van der Waals surface area contributed by atoms with Crippen LogP contribution in [-0.2, 0) is 4.74 Å². The van der Waals surface area contributed by atoms with E-state index in [-0.39, 0.29) is 0 Å². The first-order valence-electron chi connectivity index (χ1n) is 6.30. The van der Waals surface area contributed by atoms with Gasteiger partial charge in [-0.05, 0) is 25.0 Å². The molecule has 0 radical (unpaired) electrons. The van der Waals surface area contributed by atoms with Crippen molar-refractivity contribution in [2.45, 2.75) is 44.4 Å². The van der Waals surface area contributed by atoms with Gasteiger partial charge in [-0.3, -0.25) is 0 Å². The van der Waals surface area contributed by atoms with E-state index in [4.69, 9.17) is 4.74 Å². The number of rotatable bonds is 7. The fraction of sp³-hybridized carbons (Fsp3) is 0.467. The molecular formula is C15H22OS. The molecule has 2 heteroatoms. The standard InChI is InChI=1S/C15H22OS/c1-4-9-14(16-3)15(10-5-2)17-13-11-7-6-8-12-13/h6-8,11-12H,4-5,9-10H2,1-3H3/b15-14+. The van der Waals surface area contributed by atoms with E-state index in [0.29, 0.717) is 0 Å². The van der Waals surface area contributed by atoms with Crippen LogP contribution >= 0.6 is 11.8 Å². The third-order valence-electron chi connectivity index (χ3n) is 2.50. The molecule has 0 atom stereocenters. The molecular weight excluding hydrogens is 228 g/mol. The van der Waals surface area contributed by atoms with Crippen LogP contribution in [0.3, 0.4) is 0 Å². The molecule has 0 aromatic heterocycles. The summed E-state index contributed by atoms with van der Waals surface area (Å²) in [4.78, 5) is 2.67. The fourth-order valence-corrected chi connectivity index (χ4v) is 2.87. The highest BCUT2D eigenvalue weighted by Crippen LogP contribution is 2.33. The average molecular weight is 250 g/mol. The summed E-state index contributed by atoms with van der Waals surface area (Å²) in [6.07, 6.45) is 4.42. The van der Waals surface area contributed by atoms with Crippen LogP contribution in [0.15, 0.2) is 45.9 Å². The van der Waals surface area contributed by atoms with Gasteiger partial charge in [-0.2, -0.15) is 0 Å². The van der Waals surface area contributed by atoms with E-state index >= 15 is 0 Å². The smallest absolute Gasteiger partial charge is 0.105 e. The Morgan fingerprint density at radius 3 is 2.24 bits per heavy atom. The average Bonchev–Trinajstić information content (AvgIpc) is 2.37. The van der Waals surface area contributed by atoms with Gasteiger partial charge in [0.15, 0.2) is 0 Å². The molecule has 0 aliphatic heterocycles. The molecule has 1 nitrogen and oxygen atoms in total. The minimum absolute atomic E-state index is 1.03. The van der Waals surface area contributed by atoms with Crippen molar-refractivity contribution in [3.63, 3.8) is 0 Å². The molecule has 0 aliphatic rings. The normalized spacial score (nSPS) is 12.2. The van der Waals surface area contributed by atoms with Crippen molar-refractivity contribution in [2.75, 3.05) is 7.11 Å². The number of ether oxygens (including phenoxy) is 1. The van der Waals surface area contributed by atoms with Crippen LogP contribution in [0.5, 0.6) is 0 Å². The molecule has 1 aromatic carbocycles. The van der Waals surface area contributed by atoms with Gasteiger partial charge in [0.05, 0.1) is 7.11 Å². The van der Waals surface area contributed by atoms with Crippen LogP contribution < -0.4 is 0 Å². The number of hydrogen-bond donors (Lipinski definition) is 0. The van der Waals surface area contributed by atoms with E-state index in [1.165, 1.54) is 9.80 Å². The lowest BCUT2D eigenvalue weighted by atomic mass is 10.2. The predicted octanol–water partition coefficient (Wildman–Crippen LogP) is 5.24. The number of thioether (sulfide) groups is 1. The Kier molecular flexibility index (Phi) is 6.87. The molecule has 0 aliphatic carbocycles. The topological polar surface area (TPSA) is 9.23 Å². The minimum Gasteiger partial charge on any atom is -0.500 e. The van der Waals surface area contributed by atoms with E-state index in [2.05, 4.69) is 44.2 Å². The van der Waals surface area contributed by atoms with E-state index in [1.807, 2.05) is 11.8 Å². The maximum Gasteiger partial charge on any atom is 0.105 e. The maximum absolute atomic E-state index is 5.54. The summed E-state index contributed by atoms with van der Waals surface area (Å²) >= 11 is 1.84.